The number of carbonyl (C=O) groups excluding carboxylic acids is 3. The Morgan fingerprint density at radius 3 is 2.42 bits per heavy atom. The Labute approximate surface area is 345 Å². The predicted molar refractivity (Wildman–Crippen MR) is 227 cm³/mol. The number of ether oxygens (including phenoxy) is 2. The number of carbonyl (C=O) groups is 3. The van der Waals surface area contributed by atoms with Crippen molar-refractivity contribution in [2.75, 3.05) is 50.6 Å². The highest BCUT2D eigenvalue weighted by Gasteiger charge is 2.23. The zero-order valence-electron chi connectivity index (χ0n) is 33.2. The van der Waals surface area contributed by atoms with Crippen LogP contribution < -0.4 is 20.8 Å². The number of nitrogens with zero attached hydrogens (tertiary/aromatic N) is 5. The van der Waals surface area contributed by atoms with Gasteiger partial charge in [-0.15, -0.1) is 0 Å². The van der Waals surface area contributed by atoms with Crippen molar-refractivity contribution in [1.29, 1.82) is 0 Å². The van der Waals surface area contributed by atoms with E-state index in [1.165, 1.54) is 17.7 Å². The molecule has 1 aliphatic heterocycles. The molecule has 1 fully saturated rings. The second-order valence-corrected chi connectivity index (χ2v) is 14.6. The molecule has 14 nitrogen and oxygen atoms in total. The van der Waals surface area contributed by atoms with Crippen LogP contribution in [-0.4, -0.2) is 82.2 Å². The average Bonchev–Trinajstić information content (AvgIpc) is 3.65. The maximum absolute atomic E-state index is 13.9. The van der Waals surface area contributed by atoms with E-state index in [0.29, 0.717) is 56.2 Å². The molecule has 1 saturated heterocycles. The van der Waals surface area contributed by atoms with E-state index in [1.807, 2.05) is 54.5 Å². The summed E-state index contributed by atoms with van der Waals surface area (Å²) in [7, 11) is 3.56. The molecule has 4 heterocycles. The number of methoxy groups -OCH3 is 1. The molecule has 0 radical (unpaired) electrons. The number of morpholine rings is 1. The number of nitrogens with one attached hydrogen (secondary N) is 2. The molecule has 0 bridgehead atoms. The van der Waals surface area contributed by atoms with Gasteiger partial charge >= 0.3 is 0 Å². The van der Waals surface area contributed by atoms with Gasteiger partial charge in [-0.3, -0.25) is 33.7 Å². The van der Waals surface area contributed by atoms with E-state index in [1.54, 1.807) is 48.5 Å². The minimum absolute atomic E-state index is 0.0815. The molecule has 3 amide bonds. The molecular weight excluding hydrogens is 763 g/mol. The third-order valence-corrected chi connectivity index (χ3v) is 10.5. The molecule has 3 aromatic heterocycles. The number of aromatic nitrogens is 3. The molecule has 0 saturated carbocycles. The average molecular weight is 806 g/mol. The van der Waals surface area contributed by atoms with Crippen molar-refractivity contribution in [2.45, 2.75) is 19.5 Å². The molecule has 1 aliphatic rings. The first-order chi connectivity index (χ1) is 29.2. The number of para-hydroxylation sites is 1. The molecule has 0 spiro atoms. The molecule has 2 N–H and O–H groups in total. The van der Waals surface area contributed by atoms with Crippen molar-refractivity contribution in [1.82, 2.24) is 24.6 Å². The fraction of sp³-hybridized carbons (Fsp3) is 0.217. The minimum atomic E-state index is -0.749. The standard InChI is InChI=1S/C46H43N7O7/c1-51-40-14-9-31(21-34(40)26-48-51)28-52(29-32-22-36(58-2)27-47-25-32)16-15-30-7-11-35(12-8-30)49-44(55)37-13-10-33(46(57)53-17-19-59-20-18-53)23-39(37)50-45(56)43-24-41(54)38-5-3-4-6-42(38)60-43/h3-14,21-27H,15-20,28-29H2,1-2H3,(H,49,55)(H,50,56). The van der Waals surface area contributed by atoms with Gasteiger partial charge in [0.15, 0.2) is 11.2 Å². The minimum Gasteiger partial charge on any atom is -0.495 e. The highest BCUT2D eigenvalue weighted by molar-refractivity contribution is 6.13. The molecule has 4 aromatic carbocycles. The van der Waals surface area contributed by atoms with Crippen LogP contribution in [0.15, 0.2) is 125 Å². The lowest BCUT2D eigenvalue weighted by atomic mass is 10.1. The van der Waals surface area contributed by atoms with Crippen molar-refractivity contribution in [2.24, 2.45) is 7.05 Å². The Bertz CT molecular complexity index is 2760. The summed E-state index contributed by atoms with van der Waals surface area (Å²) in [5.74, 6) is -1.05. The van der Waals surface area contributed by atoms with Crippen molar-refractivity contribution in [3.05, 3.63) is 159 Å². The van der Waals surface area contributed by atoms with Crippen molar-refractivity contribution in [3.8, 4) is 5.75 Å². The fourth-order valence-corrected chi connectivity index (χ4v) is 7.27. The van der Waals surface area contributed by atoms with Gasteiger partial charge in [0, 0.05) is 68.7 Å². The van der Waals surface area contributed by atoms with Crippen molar-refractivity contribution in [3.63, 3.8) is 0 Å². The van der Waals surface area contributed by atoms with E-state index in [9.17, 15) is 19.2 Å². The van der Waals surface area contributed by atoms with Crippen LogP contribution in [-0.2, 0) is 31.3 Å². The maximum atomic E-state index is 13.9. The van der Waals surface area contributed by atoms with E-state index < -0.39 is 11.8 Å². The topological polar surface area (TPSA) is 161 Å². The van der Waals surface area contributed by atoms with E-state index in [0.717, 1.165) is 41.1 Å². The number of pyridine rings is 1. The van der Waals surface area contributed by atoms with Gasteiger partial charge in [-0.1, -0.05) is 30.3 Å². The zero-order valence-corrected chi connectivity index (χ0v) is 33.2. The lowest BCUT2D eigenvalue weighted by Crippen LogP contribution is -2.40. The number of rotatable bonds is 13. The number of aryl methyl sites for hydroxylation is 1. The molecule has 0 aliphatic carbocycles. The molecule has 8 rings (SSSR count). The van der Waals surface area contributed by atoms with Gasteiger partial charge in [-0.2, -0.15) is 5.10 Å². The van der Waals surface area contributed by atoms with Gasteiger partial charge in [0.05, 0.1) is 54.9 Å². The zero-order chi connectivity index (χ0) is 41.6. The molecule has 60 heavy (non-hydrogen) atoms. The number of hydrogen-bond donors (Lipinski definition) is 2. The Morgan fingerprint density at radius 2 is 1.60 bits per heavy atom. The normalized spacial score (nSPS) is 12.8. The summed E-state index contributed by atoms with van der Waals surface area (Å²) in [6.45, 7) is 3.77. The first-order valence-corrected chi connectivity index (χ1v) is 19.6. The van der Waals surface area contributed by atoms with Gasteiger partial charge < -0.3 is 29.4 Å². The lowest BCUT2D eigenvalue weighted by Gasteiger charge is -2.27. The van der Waals surface area contributed by atoms with Gasteiger partial charge in [-0.25, -0.2) is 0 Å². The Balaban J connectivity index is 0.985. The van der Waals surface area contributed by atoms with Crippen molar-refractivity contribution < 1.29 is 28.3 Å². The van der Waals surface area contributed by atoms with Crippen LogP contribution in [0.4, 0.5) is 11.4 Å². The Kier molecular flexibility index (Phi) is 11.7. The molecular formula is C46H43N7O7. The molecule has 0 unspecified atom stereocenters. The number of amides is 3. The SMILES string of the molecule is COc1cncc(CN(CCc2ccc(NC(=O)c3ccc(C(=O)N4CCOCC4)cc3NC(=O)c3cc(=O)c4ccccc4o3)cc2)Cc2ccc3c(cnn3C)c2)c1. The smallest absolute Gasteiger partial charge is 0.291 e. The highest BCUT2D eigenvalue weighted by atomic mass is 16.5. The Hall–Kier alpha value is -7.16. The number of benzene rings is 4. The van der Waals surface area contributed by atoms with Gasteiger partial charge in [0.1, 0.15) is 11.3 Å². The predicted octanol–water partition coefficient (Wildman–Crippen LogP) is 6.31. The summed E-state index contributed by atoms with van der Waals surface area (Å²) in [5, 5.41) is 11.5. The van der Waals surface area contributed by atoms with E-state index in [4.69, 9.17) is 13.9 Å². The summed E-state index contributed by atoms with van der Waals surface area (Å²) in [4.78, 5) is 62.0. The number of fused-ring (bicyclic) bond motifs is 2. The van der Waals surface area contributed by atoms with Gasteiger partial charge in [0.25, 0.3) is 17.7 Å². The van der Waals surface area contributed by atoms with Crippen LogP contribution in [0.2, 0.25) is 0 Å². The van der Waals surface area contributed by atoms with E-state index in [2.05, 4.69) is 43.8 Å². The molecule has 304 valence electrons. The second kappa shape index (κ2) is 17.8. The van der Waals surface area contributed by atoms with Crippen LogP contribution in [0, 0.1) is 0 Å². The fourth-order valence-electron chi connectivity index (χ4n) is 7.27. The largest absolute Gasteiger partial charge is 0.495 e. The molecule has 14 heteroatoms. The van der Waals surface area contributed by atoms with Crippen LogP contribution in [0.5, 0.6) is 5.75 Å². The summed E-state index contributed by atoms with van der Waals surface area (Å²) < 4.78 is 18.5. The van der Waals surface area contributed by atoms with Crippen LogP contribution in [0.3, 0.4) is 0 Å². The summed E-state index contributed by atoms with van der Waals surface area (Å²) in [6.07, 6.45) is 6.16. The molecule has 0 atom stereocenters. The monoisotopic (exact) mass is 805 g/mol. The molecule has 7 aromatic rings. The van der Waals surface area contributed by atoms with Crippen LogP contribution in [0.1, 0.15) is 48.0 Å². The first-order valence-electron chi connectivity index (χ1n) is 19.6. The van der Waals surface area contributed by atoms with Gasteiger partial charge in [0.2, 0.25) is 0 Å². The summed E-state index contributed by atoms with van der Waals surface area (Å²) in [5.41, 5.74) is 5.22. The van der Waals surface area contributed by atoms with E-state index in [-0.39, 0.29) is 39.5 Å². The summed E-state index contributed by atoms with van der Waals surface area (Å²) in [6, 6.07) is 28.2. The van der Waals surface area contributed by atoms with Gasteiger partial charge in [-0.05, 0) is 83.8 Å². The van der Waals surface area contributed by atoms with E-state index >= 15 is 0 Å². The Morgan fingerprint density at radius 1 is 0.817 bits per heavy atom. The quantitative estimate of drug-likeness (QED) is 0.135. The van der Waals surface area contributed by atoms with Crippen molar-refractivity contribution >= 4 is 51.0 Å². The second-order valence-electron chi connectivity index (χ2n) is 14.6. The maximum Gasteiger partial charge on any atom is 0.291 e. The van der Waals surface area contributed by atoms with Crippen LogP contribution >= 0.6 is 0 Å². The lowest BCUT2D eigenvalue weighted by molar-refractivity contribution is 0.0303. The number of anilines is 2. The first kappa shape index (κ1) is 39.7. The third kappa shape index (κ3) is 9.09. The third-order valence-electron chi connectivity index (χ3n) is 10.5. The van der Waals surface area contributed by atoms with Crippen LogP contribution in [0.25, 0.3) is 21.9 Å². The number of hydrogen-bond acceptors (Lipinski definition) is 10. The summed E-state index contributed by atoms with van der Waals surface area (Å²) >= 11 is 0. The highest BCUT2D eigenvalue weighted by Crippen LogP contribution is 2.24.